The molecule has 22 heavy (non-hydrogen) atoms. The van der Waals surface area contributed by atoms with E-state index in [2.05, 4.69) is 22.2 Å². The van der Waals surface area contributed by atoms with Crippen molar-refractivity contribution in [3.8, 4) is 0 Å². The summed E-state index contributed by atoms with van der Waals surface area (Å²) in [6.07, 6.45) is 0. The molecule has 0 bridgehead atoms. The lowest BCUT2D eigenvalue weighted by Gasteiger charge is -2.38. The van der Waals surface area contributed by atoms with Gasteiger partial charge < -0.3 is 15.0 Å². The van der Waals surface area contributed by atoms with Gasteiger partial charge in [0.15, 0.2) is 0 Å². The zero-order chi connectivity index (χ0) is 15.9. The van der Waals surface area contributed by atoms with Gasteiger partial charge in [-0.15, -0.1) is 0 Å². The van der Waals surface area contributed by atoms with Gasteiger partial charge in [-0.05, 0) is 24.7 Å². The molecule has 1 unspecified atom stereocenters. The first-order valence-electron chi connectivity index (χ1n) is 7.54. The van der Waals surface area contributed by atoms with Gasteiger partial charge in [-0.3, -0.25) is 9.69 Å². The minimum absolute atomic E-state index is 0.0510. The third-order valence-electron chi connectivity index (χ3n) is 4.00. The average molecular weight is 309 g/mol. The fraction of sp³-hybridized carbons (Fsp3) is 0.562. The normalized spacial score (nSPS) is 18.1. The number of nitrogens with zero attached hydrogens (tertiary/aromatic N) is 2. The van der Waals surface area contributed by atoms with Crippen molar-refractivity contribution in [3.63, 3.8) is 0 Å². The Morgan fingerprint density at radius 2 is 1.91 bits per heavy atom. The lowest BCUT2D eigenvalue weighted by molar-refractivity contribution is -0.125. The summed E-state index contributed by atoms with van der Waals surface area (Å²) in [7, 11) is 3.60. The number of hydrogen-bond acceptors (Lipinski definition) is 4. The second-order valence-electron chi connectivity index (χ2n) is 5.64. The number of rotatable bonds is 6. The van der Waals surface area contributed by atoms with E-state index in [9.17, 15) is 9.18 Å². The van der Waals surface area contributed by atoms with Crippen LogP contribution in [-0.4, -0.2) is 69.2 Å². The Labute approximate surface area is 131 Å². The number of methoxy groups -OCH3 is 1. The van der Waals surface area contributed by atoms with Gasteiger partial charge in [0.05, 0.1) is 6.04 Å². The fourth-order valence-electron chi connectivity index (χ4n) is 2.67. The monoisotopic (exact) mass is 309 g/mol. The predicted octanol–water partition coefficient (Wildman–Crippen LogP) is 0.877. The molecule has 0 radical (unpaired) electrons. The Morgan fingerprint density at radius 1 is 1.27 bits per heavy atom. The molecule has 1 heterocycles. The summed E-state index contributed by atoms with van der Waals surface area (Å²) in [4.78, 5) is 16.3. The number of carbonyl (C=O) groups excluding carboxylic acids is 1. The van der Waals surface area contributed by atoms with Crippen LogP contribution in [0.5, 0.6) is 0 Å². The van der Waals surface area contributed by atoms with Crippen molar-refractivity contribution in [1.29, 1.82) is 0 Å². The summed E-state index contributed by atoms with van der Waals surface area (Å²) < 4.78 is 18.0. The molecular weight excluding hydrogens is 285 g/mol. The number of benzene rings is 1. The van der Waals surface area contributed by atoms with Gasteiger partial charge in [0, 0.05) is 39.8 Å². The van der Waals surface area contributed by atoms with Crippen molar-refractivity contribution in [2.75, 3.05) is 53.5 Å². The molecule has 0 spiro atoms. The molecule has 1 N–H and O–H groups in total. The minimum atomic E-state index is -0.246. The molecule has 1 aliphatic heterocycles. The van der Waals surface area contributed by atoms with Crippen LogP contribution in [0.4, 0.5) is 4.39 Å². The Kier molecular flexibility index (Phi) is 6.30. The second-order valence-corrected chi connectivity index (χ2v) is 5.64. The number of hydrogen-bond donors (Lipinski definition) is 1. The molecule has 1 amide bonds. The van der Waals surface area contributed by atoms with Crippen molar-refractivity contribution in [3.05, 3.63) is 35.6 Å². The van der Waals surface area contributed by atoms with Crippen LogP contribution < -0.4 is 5.32 Å². The molecule has 0 saturated carbocycles. The van der Waals surface area contributed by atoms with Crippen molar-refractivity contribution in [1.82, 2.24) is 15.1 Å². The van der Waals surface area contributed by atoms with E-state index in [1.165, 1.54) is 19.2 Å². The van der Waals surface area contributed by atoms with Gasteiger partial charge in [-0.2, -0.15) is 0 Å². The number of ether oxygens (including phenoxy) is 1. The Balaban J connectivity index is 2.06. The van der Waals surface area contributed by atoms with E-state index < -0.39 is 0 Å². The quantitative estimate of drug-likeness (QED) is 0.847. The minimum Gasteiger partial charge on any atom is -0.375 e. The zero-order valence-electron chi connectivity index (χ0n) is 13.2. The van der Waals surface area contributed by atoms with E-state index in [0.29, 0.717) is 6.54 Å². The molecule has 1 fully saturated rings. The molecular formula is C16H24FN3O2. The highest BCUT2D eigenvalue weighted by Crippen LogP contribution is 2.21. The van der Waals surface area contributed by atoms with Gasteiger partial charge in [-0.1, -0.05) is 12.1 Å². The van der Waals surface area contributed by atoms with Gasteiger partial charge >= 0.3 is 0 Å². The summed E-state index contributed by atoms with van der Waals surface area (Å²) in [5, 5.41) is 2.89. The molecule has 2 rings (SSSR count). The lowest BCUT2D eigenvalue weighted by atomic mass is 10.0. The van der Waals surface area contributed by atoms with Gasteiger partial charge in [0.2, 0.25) is 5.91 Å². The molecule has 1 aliphatic rings. The number of amides is 1. The van der Waals surface area contributed by atoms with E-state index in [4.69, 9.17) is 4.74 Å². The number of halogens is 1. The van der Waals surface area contributed by atoms with Gasteiger partial charge in [0.1, 0.15) is 12.4 Å². The highest BCUT2D eigenvalue weighted by Gasteiger charge is 2.24. The van der Waals surface area contributed by atoms with Crippen LogP contribution in [-0.2, 0) is 9.53 Å². The van der Waals surface area contributed by atoms with E-state index >= 15 is 0 Å². The zero-order valence-corrected chi connectivity index (χ0v) is 13.2. The summed E-state index contributed by atoms with van der Waals surface area (Å²) in [6.45, 7) is 4.39. The topological polar surface area (TPSA) is 44.8 Å². The molecule has 1 saturated heterocycles. The summed E-state index contributed by atoms with van der Waals surface area (Å²) in [5.41, 5.74) is 1.02. The first-order valence-corrected chi connectivity index (χ1v) is 7.54. The number of nitrogens with one attached hydrogen (secondary N) is 1. The van der Waals surface area contributed by atoms with Crippen LogP contribution in [0.3, 0.4) is 0 Å². The first-order chi connectivity index (χ1) is 10.6. The summed E-state index contributed by atoms with van der Waals surface area (Å²) in [6, 6.07) is 6.57. The Morgan fingerprint density at radius 3 is 2.50 bits per heavy atom. The van der Waals surface area contributed by atoms with Crippen LogP contribution >= 0.6 is 0 Å². The van der Waals surface area contributed by atoms with Crippen molar-refractivity contribution in [2.24, 2.45) is 0 Å². The molecule has 5 nitrogen and oxygen atoms in total. The largest absolute Gasteiger partial charge is 0.375 e. The summed E-state index contributed by atoms with van der Waals surface area (Å²) in [5.74, 6) is -0.381. The van der Waals surface area contributed by atoms with Crippen LogP contribution in [0, 0.1) is 5.82 Å². The lowest BCUT2D eigenvalue weighted by Crippen LogP contribution is -2.48. The molecule has 0 aliphatic carbocycles. The maximum Gasteiger partial charge on any atom is 0.246 e. The predicted molar refractivity (Wildman–Crippen MR) is 83.1 cm³/mol. The van der Waals surface area contributed by atoms with E-state index in [1.54, 1.807) is 12.1 Å². The van der Waals surface area contributed by atoms with Crippen LogP contribution in [0.25, 0.3) is 0 Å². The molecule has 1 aromatic carbocycles. The first kappa shape index (κ1) is 16.9. The van der Waals surface area contributed by atoms with Crippen molar-refractivity contribution in [2.45, 2.75) is 6.04 Å². The van der Waals surface area contributed by atoms with Crippen LogP contribution in [0.1, 0.15) is 11.6 Å². The van der Waals surface area contributed by atoms with Crippen molar-refractivity contribution < 1.29 is 13.9 Å². The molecule has 6 heteroatoms. The molecule has 1 aromatic rings. The smallest absolute Gasteiger partial charge is 0.246 e. The fourth-order valence-corrected chi connectivity index (χ4v) is 2.67. The van der Waals surface area contributed by atoms with Crippen LogP contribution in [0.2, 0.25) is 0 Å². The SMILES string of the molecule is COCC(=O)NCC(c1ccc(F)cc1)N1CCN(C)CC1. The molecule has 122 valence electrons. The summed E-state index contributed by atoms with van der Waals surface area (Å²) >= 11 is 0. The third kappa shape index (κ3) is 4.76. The van der Waals surface area contributed by atoms with Gasteiger partial charge in [-0.25, -0.2) is 4.39 Å². The maximum absolute atomic E-state index is 13.2. The second kappa shape index (κ2) is 8.22. The van der Waals surface area contributed by atoms with Crippen molar-refractivity contribution >= 4 is 5.91 Å². The Bertz CT molecular complexity index is 473. The third-order valence-corrected chi connectivity index (χ3v) is 4.00. The molecule has 0 aromatic heterocycles. The number of likely N-dealkylation sites (N-methyl/N-ethyl adjacent to an activating group) is 1. The maximum atomic E-state index is 13.2. The highest BCUT2D eigenvalue weighted by molar-refractivity contribution is 5.77. The standard InChI is InChI=1S/C16H24FN3O2/c1-19-7-9-20(10-8-19)15(11-18-16(21)12-22-2)13-3-5-14(17)6-4-13/h3-6,15H,7-12H2,1-2H3,(H,18,21). The highest BCUT2D eigenvalue weighted by atomic mass is 19.1. The van der Waals surface area contributed by atoms with E-state index in [0.717, 1.165) is 31.7 Å². The number of piperazine rings is 1. The van der Waals surface area contributed by atoms with Gasteiger partial charge in [0.25, 0.3) is 0 Å². The average Bonchev–Trinajstić information content (AvgIpc) is 2.51. The van der Waals surface area contributed by atoms with E-state index in [1.807, 2.05) is 0 Å². The number of carbonyl (C=O) groups is 1. The Hall–Kier alpha value is -1.50. The van der Waals surface area contributed by atoms with Crippen LogP contribution in [0.15, 0.2) is 24.3 Å². The van der Waals surface area contributed by atoms with E-state index in [-0.39, 0.29) is 24.4 Å². The molecule has 1 atom stereocenters.